The van der Waals surface area contributed by atoms with Crippen molar-refractivity contribution in [2.45, 2.75) is 17.4 Å². The zero-order valence-electron chi connectivity index (χ0n) is 8.00. The van der Waals surface area contributed by atoms with Crippen molar-refractivity contribution in [2.24, 2.45) is 0 Å². The molecule has 0 amide bonds. The zero-order chi connectivity index (χ0) is 11.5. The first-order chi connectivity index (χ1) is 6.93. The predicted octanol–water partition coefficient (Wildman–Crippen LogP) is 1.24. The molecule has 86 valence electrons. The SMILES string of the molecule is CC(CBr)(CBr)NS(=O)(=O)c1cn[nH]c1. The van der Waals surface area contributed by atoms with Crippen LogP contribution in [0.2, 0.25) is 0 Å². The Labute approximate surface area is 105 Å². The Balaban J connectivity index is 2.91. The summed E-state index contributed by atoms with van der Waals surface area (Å²) in [5.41, 5.74) is -0.559. The highest BCUT2D eigenvalue weighted by molar-refractivity contribution is 9.09. The number of rotatable bonds is 5. The van der Waals surface area contributed by atoms with Gasteiger partial charge in [0.25, 0.3) is 0 Å². The van der Waals surface area contributed by atoms with E-state index in [2.05, 4.69) is 46.8 Å². The van der Waals surface area contributed by atoms with Crippen molar-refractivity contribution in [3.63, 3.8) is 0 Å². The van der Waals surface area contributed by atoms with E-state index in [1.807, 2.05) is 0 Å². The summed E-state index contributed by atoms with van der Waals surface area (Å²) in [6.45, 7) is 1.80. The topological polar surface area (TPSA) is 74.8 Å². The second kappa shape index (κ2) is 4.94. The lowest BCUT2D eigenvalue weighted by Gasteiger charge is -2.25. The van der Waals surface area contributed by atoms with Crippen LogP contribution in [0.4, 0.5) is 0 Å². The van der Waals surface area contributed by atoms with Gasteiger partial charge >= 0.3 is 0 Å². The Bertz CT molecular complexity index is 400. The van der Waals surface area contributed by atoms with Gasteiger partial charge < -0.3 is 0 Å². The number of aromatic nitrogens is 2. The normalized spacial score (nSPS) is 13.0. The van der Waals surface area contributed by atoms with Crippen LogP contribution in [-0.4, -0.2) is 34.8 Å². The van der Waals surface area contributed by atoms with E-state index in [9.17, 15) is 8.42 Å². The summed E-state index contributed by atoms with van der Waals surface area (Å²) in [6, 6.07) is 0. The Hall–Kier alpha value is 0.0800. The van der Waals surface area contributed by atoms with Crippen LogP contribution in [0.3, 0.4) is 0 Å². The smallest absolute Gasteiger partial charge is 0.244 e. The molecular weight excluding hydrogens is 350 g/mol. The number of aromatic amines is 1. The summed E-state index contributed by atoms with van der Waals surface area (Å²) in [5.74, 6) is 0. The van der Waals surface area contributed by atoms with Gasteiger partial charge in [0, 0.05) is 22.4 Å². The van der Waals surface area contributed by atoms with Gasteiger partial charge in [-0.15, -0.1) is 0 Å². The molecule has 1 aromatic heterocycles. The van der Waals surface area contributed by atoms with E-state index >= 15 is 0 Å². The van der Waals surface area contributed by atoms with E-state index in [1.165, 1.54) is 12.4 Å². The lowest BCUT2D eigenvalue weighted by atomic mass is 10.1. The van der Waals surface area contributed by atoms with Gasteiger partial charge in [-0.05, 0) is 6.92 Å². The number of halogens is 2. The molecule has 0 saturated heterocycles. The Morgan fingerprint density at radius 1 is 1.53 bits per heavy atom. The van der Waals surface area contributed by atoms with Crippen molar-refractivity contribution < 1.29 is 8.42 Å². The molecule has 0 aliphatic heterocycles. The average molecular weight is 361 g/mol. The van der Waals surface area contributed by atoms with E-state index in [-0.39, 0.29) is 4.90 Å². The Morgan fingerprint density at radius 3 is 2.53 bits per heavy atom. The molecule has 8 heteroatoms. The molecule has 0 aliphatic carbocycles. The monoisotopic (exact) mass is 359 g/mol. The van der Waals surface area contributed by atoms with Crippen LogP contribution in [0.5, 0.6) is 0 Å². The molecule has 5 nitrogen and oxygen atoms in total. The lowest BCUT2D eigenvalue weighted by molar-refractivity contribution is 0.509. The number of hydrogen-bond acceptors (Lipinski definition) is 3. The van der Waals surface area contributed by atoms with Gasteiger partial charge in [-0.2, -0.15) is 5.10 Å². The highest BCUT2D eigenvalue weighted by Gasteiger charge is 2.29. The average Bonchev–Trinajstić information content (AvgIpc) is 2.70. The van der Waals surface area contributed by atoms with E-state index in [1.54, 1.807) is 6.92 Å². The second-order valence-corrected chi connectivity index (χ2v) is 6.17. The number of sulfonamides is 1. The van der Waals surface area contributed by atoms with Crippen LogP contribution in [0.1, 0.15) is 6.92 Å². The molecule has 0 saturated carbocycles. The first kappa shape index (κ1) is 13.1. The highest BCUT2D eigenvalue weighted by atomic mass is 79.9. The Morgan fingerprint density at radius 2 is 2.13 bits per heavy atom. The standard InChI is InChI=1S/C7H11Br2N3O2S/c1-7(4-8,5-9)12-15(13,14)6-2-10-11-3-6/h2-3,12H,4-5H2,1H3,(H,10,11). The zero-order valence-corrected chi connectivity index (χ0v) is 12.0. The van der Waals surface area contributed by atoms with Crippen LogP contribution in [-0.2, 0) is 10.0 Å². The summed E-state index contributed by atoms with van der Waals surface area (Å²) < 4.78 is 26.2. The van der Waals surface area contributed by atoms with Gasteiger partial charge in [-0.1, -0.05) is 31.9 Å². The maximum Gasteiger partial charge on any atom is 0.244 e. The molecule has 1 aromatic rings. The van der Waals surface area contributed by atoms with E-state index < -0.39 is 15.6 Å². The molecule has 2 N–H and O–H groups in total. The predicted molar refractivity (Wildman–Crippen MR) is 64.9 cm³/mol. The third kappa shape index (κ3) is 3.27. The van der Waals surface area contributed by atoms with Crippen LogP contribution in [0, 0.1) is 0 Å². The van der Waals surface area contributed by atoms with Crippen molar-refractivity contribution >= 4 is 41.9 Å². The molecule has 0 aliphatic rings. The van der Waals surface area contributed by atoms with Gasteiger partial charge in [0.1, 0.15) is 4.90 Å². The van der Waals surface area contributed by atoms with Crippen molar-refractivity contribution in [2.75, 3.05) is 10.7 Å². The van der Waals surface area contributed by atoms with Crippen LogP contribution < -0.4 is 4.72 Å². The van der Waals surface area contributed by atoms with Gasteiger partial charge in [-0.25, -0.2) is 13.1 Å². The van der Waals surface area contributed by atoms with Crippen molar-refractivity contribution in [1.29, 1.82) is 0 Å². The van der Waals surface area contributed by atoms with Crippen LogP contribution in [0.15, 0.2) is 17.3 Å². The minimum atomic E-state index is -3.50. The van der Waals surface area contributed by atoms with Crippen LogP contribution in [0.25, 0.3) is 0 Å². The molecule has 0 radical (unpaired) electrons. The molecule has 0 aromatic carbocycles. The minimum absolute atomic E-state index is 0.135. The molecule has 0 spiro atoms. The van der Waals surface area contributed by atoms with Crippen molar-refractivity contribution in [3.8, 4) is 0 Å². The molecule has 0 unspecified atom stereocenters. The molecule has 15 heavy (non-hydrogen) atoms. The van der Waals surface area contributed by atoms with E-state index in [0.717, 1.165) is 0 Å². The molecule has 1 heterocycles. The number of nitrogens with one attached hydrogen (secondary N) is 2. The fourth-order valence-corrected chi connectivity index (χ4v) is 3.75. The maximum absolute atomic E-state index is 11.8. The fourth-order valence-electron chi connectivity index (χ4n) is 0.860. The van der Waals surface area contributed by atoms with Gasteiger partial charge in [0.15, 0.2) is 0 Å². The maximum atomic E-state index is 11.8. The summed E-state index contributed by atoms with van der Waals surface area (Å²) in [6.07, 6.45) is 2.61. The first-order valence-corrected chi connectivity index (χ1v) is 7.81. The third-order valence-corrected chi connectivity index (χ3v) is 5.83. The minimum Gasteiger partial charge on any atom is -0.284 e. The molecule has 1 rings (SSSR count). The first-order valence-electron chi connectivity index (χ1n) is 4.08. The third-order valence-electron chi connectivity index (χ3n) is 1.75. The van der Waals surface area contributed by atoms with Crippen molar-refractivity contribution in [1.82, 2.24) is 14.9 Å². The molecule has 0 atom stereocenters. The number of hydrogen-bond donors (Lipinski definition) is 2. The van der Waals surface area contributed by atoms with Gasteiger partial charge in [0.05, 0.1) is 6.20 Å². The van der Waals surface area contributed by atoms with Crippen molar-refractivity contribution in [3.05, 3.63) is 12.4 Å². The number of alkyl halides is 2. The summed E-state index contributed by atoms with van der Waals surface area (Å²) in [7, 11) is -3.50. The fraction of sp³-hybridized carbons (Fsp3) is 0.571. The Kier molecular flexibility index (Phi) is 4.33. The summed E-state index contributed by atoms with van der Waals surface area (Å²) >= 11 is 6.54. The lowest BCUT2D eigenvalue weighted by Crippen LogP contribution is -2.48. The molecule has 0 fully saturated rings. The van der Waals surface area contributed by atoms with Gasteiger partial charge in [0.2, 0.25) is 10.0 Å². The van der Waals surface area contributed by atoms with Gasteiger partial charge in [-0.3, -0.25) is 5.10 Å². The van der Waals surface area contributed by atoms with Crippen LogP contribution >= 0.6 is 31.9 Å². The number of H-pyrrole nitrogens is 1. The largest absolute Gasteiger partial charge is 0.284 e. The molecule has 0 bridgehead atoms. The number of nitrogens with zero attached hydrogens (tertiary/aromatic N) is 1. The molecular formula is C7H11Br2N3O2S. The van der Waals surface area contributed by atoms with E-state index in [0.29, 0.717) is 10.7 Å². The summed E-state index contributed by atoms with van der Waals surface area (Å²) in [5, 5.41) is 7.10. The second-order valence-electron chi connectivity index (χ2n) is 3.37. The highest BCUT2D eigenvalue weighted by Crippen LogP contribution is 2.16. The van der Waals surface area contributed by atoms with E-state index in [4.69, 9.17) is 0 Å². The quantitative estimate of drug-likeness (QED) is 0.775. The summed E-state index contributed by atoms with van der Waals surface area (Å²) in [4.78, 5) is 0.135.